The Labute approximate surface area is 123 Å². The molecular weight excluding hydrogens is 275 g/mol. The van der Waals surface area contributed by atoms with Crippen LogP contribution in [0.5, 0.6) is 0 Å². The van der Waals surface area contributed by atoms with Gasteiger partial charge in [0.15, 0.2) is 0 Å². The Kier molecular flexibility index (Phi) is 5.43. The zero-order valence-corrected chi connectivity index (χ0v) is 12.7. The van der Waals surface area contributed by atoms with Crippen LogP contribution in [-0.4, -0.2) is 40.5 Å². The maximum atomic E-state index is 13.4. The summed E-state index contributed by atoms with van der Waals surface area (Å²) in [5.41, 5.74) is -0.299. The number of rotatable bonds is 6. The highest BCUT2D eigenvalue weighted by Gasteiger charge is 2.34. The molecule has 2 N–H and O–H groups in total. The first-order chi connectivity index (χ1) is 9.68. The normalized spacial score (nSPS) is 11.5. The Bertz CT molecular complexity index is 544. The van der Waals surface area contributed by atoms with Gasteiger partial charge in [-0.3, -0.25) is 14.5 Å². The predicted molar refractivity (Wildman–Crippen MR) is 78.7 cm³/mol. The summed E-state index contributed by atoms with van der Waals surface area (Å²) in [6.45, 7) is 6.83. The molecule has 5 nitrogen and oxygen atoms in total. The highest BCUT2D eigenvalue weighted by molar-refractivity contribution is 5.92. The lowest BCUT2D eigenvalue weighted by atomic mass is 10.0. The van der Waals surface area contributed by atoms with Gasteiger partial charge in [0, 0.05) is 5.69 Å². The number of carbonyl (C=O) groups is 2. The van der Waals surface area contributed by atoms with E-state index in [1.165, 1.54) is 24.8 Å². The van der Waals surface area contributed by atoms with Gasteiger partial charge in [-0.25, -0.2) is 4.39 Å². The minimum atomic E-state index is -1.15. The van der Waals surface area contributed by atoms with E-state index in [1.807, 2.05) is 0 Å². The molecule has 1 rings (SSSR count). The molecule has 0 saturated heterocycles. The van der Waals surface area contributed by atoms with Gasteiger partial charge in [0.2, 0.25) is 5.91 Å². The van der Waals surface area contributed by atoms with Gasteiger partial charge in [-0.15, -0.1) is 0 Å². The lowest BCUT2D eigenvalue weighted by Crippen LogP contribution is -2.52. The number of benzene rings is 1. The molecule has 0 atom stereocenters. The summed E-state index contributed by atoms with van der Waals surface area (Å²) in [5.74, 6) is -1.78. The molecule has 21 heavy (non-hydrogen) atoms. The molecule has 0 heterocycles. The van der Waals surface area contributed by atoms with Crippen molar-refractivity contribution in [1.82, 2.24) is 4.90 Å². The summed E-state index contributed by atoms with van der Waals surface area (Å²) in [4.78, 5) is 24.7. The number of anilines is 1. The van der Waals surface area contributed by atoms with Crippen LogP contribution in [0.2, 0.25) is 0 Å². The summed E-state index contributed by atoms with van der Waals surface area (Å²) in [6, 6.07) is 4.42. The molecule has 6 heteroatoms. The van der Waals surface area contributed by atoms with Crippen LogP contribution in [0.25, 0.3) is 0 Å². The second kappa shape index (κ2) is 6.67. The van der Waals surface area contributed by atoms with Crippen molar-refractivity contribution in [3.8, 4) is 0 Å². The van der Waals surface area contributed by atoms with E-state index in [0.717, 1.165) is 0 Å². The maximum Gasteiger partial charge on any atom is 0.323 e. The fourth-order valence-electron chi connectivity index (χ4n) is 1.88. The van der Waals surface area contributed by atoms with Crippen LogP contribution >= 0.6 is 0 Å². The molecule has 0 unspecified atom stereocenters. The fourth-order valence-corrected chi connectivity index (χ4v) is 1.88. The quantitative estimate of drug-likeness (QED) is 0.845. The summed E-state index contributed by atoms with van der Waals surface area (Å²) in [6.07, 6.45) is 0. The van der Waals surface area contributed by atoms with Gasteiger partial charge in [-0.1, -0.05) is 13.0 Å². The number of hydrogen-bond acceptors (Lipinski definition) is 3. The van der Waals surface area contributed by atoms with Crippen molar-refractivity contribution in [2.24, 2.45) is 0 Å². The topological polar surface area (TPSA) is 69.6 Å². The van der Waals surface area contributed by atoms with Gasteiger partial charge >= 0.3 is 5.97 Å². The van der Waals surface area contributed by atoms with Gasteiger partial charge in [-0.05, 0) is 45.0 Å². The number of carboxylic acids is 1. The number of nitrogens with zero attached hydrogens (tertiary/aromatic N) is 1. The average Bonchev–Trinajstić information content (AvgIpc) is 2.39. The minimum Gasteiger partial charge on any atom is -0.480 e. The van der Waals surface area contributed by atoms with Crippen molar-refractivity contribution < 1.29 is 19.1 Å². The molecule has 0 bridgehead atoms. The van der Waals surface area contributed by atoms with Gasteiger partial charge in [0.05, 0.1) is 6.54 Å². The molecule has 1 aromatic rings. The highest BCUT2D eigenvalue weighted by atomic mass is 19.1. The smallest absolute Gasteiger partial charge is 0.323 e. The number of amides is 1. The second-order valence-corrected chi connectivity index (χ2v) is 5.39. The molecule has 0 spiro atoms. The van der Waals surface area contributed by atoms with Crippen LogP contribution < -0.4 is 5.32 Å². The van der Waals surface area contributed by atoms with E-state index in [1.54, 1.807) is 26.0 Å². The van der Waals surface area contributed by atoms with Crippen LogP contribution in [0.3, 0.4) is 0 Å². The molecule has 0 radical (unpaired) electrons. The van der Waals surface area contributed by atoms with E-state index in [0.29, 0.717) is 17.8 Å². The first-order valence-corrected chi connectivity index (χ1v) is 6.73. The third kappa shape index (κ3) is 4.26. The molecular formula is C15H21FN2O3. The third-order valence-corrected chi connectivity index (χ3v) is 3.49. The monoisotopic (exact) mass is 296 g/mol. The summed E-state index contributed by atoms with van der Waals surface area (Å²) in [5, 5.41) is 11.8. The Balaban J connectivity index is 2.75. The number of nitrogens with one attached hydrogen (secondary N) is 1. The Morgan fingerprint density at radius 1 is 1.38 bits per heavy atom. The first-order valence-electron chi connectivity index (χ1n) is 6.73. The zero-order chi connectivity index (χ0) is 16.2. The van der Waals surface area contributed by atoms with Crippen molar-refractivity contribution in [2.45, 2.75) is 33.2 Å². The van der Waals surface area contributed by atoms with Crippen molar-refractivity contribution in [3.05, 3.63) is 29.6 Å². The van der Waals surface area contributed by atoms with Crippen LogP contribution in [-0.2, 0) is 9.59 Å². The van der Waals surface area contributed by atoms with Gasteiger partial charge in [0.1, 0.15) is 11.4 Å². The van der Waals surface area contributed by atoms with Gasteiger partial charge in [0.25, 0.3) is 0 Å². The number of aliphatic carboxylic acids is 1. The second-order valence-electron chi connectivity index (χ2n) is 5.39. The molecule has 116 valence electrons. The summed E-state index contributed by atoms with van der Waals surface area (Å²) in [7, 11) is 0. The van der Waals surface area contributed by atoms with Gasteiger partial charge in [-0.2, -0.15) is 0 Å². The molecule has 0 aliphatic carbocycles. The molecule has 0 aliphatic heterocycles. The van der Waals surface area contributed by atoms with E-state index >= 15 is 0 Å². The first kappa shape index (κ1) is 17.1. The predicted octanol–water partition coefficient (Wildman–Crippen LogP) is 2.26. The van der Waals surface area contributed by atoms with E-state index in [4.69, 9.17) is 0 Å². The number of aryl methyl sites for hydroxylation is 1. The number of halogens is 1. The maximum absolute atomic E-state index is 13.4. The minimum absolute atomic E-state index is 0.0781. The Hall–Kier alpha value is -1.95. The lowest BCUT2D eigenvalue weighted by Gasteiger charge is -2.33. The number of hydrogen-bond donors (Lipinski definition) is 2. The van der Waals surface area contributed by atoms with Crippen molar-refractivity contribution >= 4 is 17.6 Å². The number of carboxylic acid groups (broad SMARTS) is 1. The number of likely N-dealkylation sites (N-methyl/N-ethyl adjacent to an activating group) is 1. The van der Waals surface area contributed by atoms with Crippen LogP contribution in [0, 0.1) is 12.7 Å². The van der Waals surface area contributed by atoms with Crippen LogP contribution in [0.1, 0.15) is 26.3 Å². The van der Waals surface area contributed by atoms with E-state index < -0.39 is 17.3 Å². The van der Waals surface area contributed by atoms with Crippen molar-refractivity contribution in [3.63, 3.8) is 0 Å². The largest absolute Gasteiger partial charge is 0.480 e. The molecule has 0 aliphatic rings. The zero-order valence-electron chi connectivity index (χ0n) is 12.7. The lowest BCUT2D eigenvalue weighted by molar-refractivity contribution is -0.149. The number of carbonyl (C=O) groups excluding carboxylic acids is 1. The standard InChI is InChI=1S/C15H21FN2O3/c1-5-18(15(3,4)14(20)21)9-13(19)17-11-7-6-10(2)12(16)8-11/h6-8H,5,9H2,1-4H3,(H,17,19)(H,20,21). The van der Waals surface area contributed by atoms with E-state index in [-0.39, 0.29) is 12.5 Å². The summed E-state index contributed by atoms with van der Waals surface area (Å²) >= 11 is 0. The van der Waals surface area contributed by atoms with Crippen LogP contribution in [0.15, 0.2) is 18.2 Å². The average molecular weight is 296 g/mol. The van der Waals surface area contributed by atoms with Crippen LogP contribution in [0.4, 0.5) is 10.1 Å². The molecule has 0 fully saturated rings. The van der Waals surface area contributed by atoms with Gasteiger partial charge < -0.3 is 10.4 Å². The Morgan fingerprint density at radius 2 is 2.00 bits per heavy atom. The SMILES string of the molecule is CCN(CC(=O)Nc1ccc(C)c(F)c1)C(C)(C)C(=O)O. The fraction of sp³-hybridized carbons (Fsp3) is 0.467. The molecule has 0 aromatic heterocycles. The van der Waals surface area contributed by atoms with Crippen molar-refractivity contribution in [2.75, 3.05) is 18.4 Å². The Morgan fingerprint density at radius 3 is 2.48 bits per heavy atom. The third-order valence-electron chi connectivity index (χ3n) is 3.49. The molecule has 0 saturated carbocycles. The highest BCUT2D eigenvalue weighted by Crippen LogP contribution is 2.16. The van der Waals surface area contributed by atoms with Crippen molar-refractivity contribution in [1.29, 1.82) is 0 Å². The van der Waals surface area contributed by atoms with E-state index in [2.05, 4.69) is 5.32 Å². The molecule has 1 aromatic carbocycles. The molecule has 1 amide bonds. The summed E-state index contributed by atoms with van der Waals surface area (Å²) < 4.78 is 13.4. The van der Waals surface area contributed by atoms with E-state index in [9.17, 15) is 19.1 Å².